The van der Waals surface area contributed by atoms with Gasteiger partial charge in [-0.15, -0.1) is 0 Å². The Morgan fingerprint density at radius 2 is 2.22 bits per heavy atom. The SMILES string of the molecule is COc1ccc(C2(CC(C)CN)COC2)cc1F. The van der Waals surface area contributed by atoms with Crippen LogP contribution >= 0.6 is 0 Å². The Labute approximate surface area is 107 Å². The summed E-state index contributed by atoms with van der Waals surface area (Å²) in [5.74, 6) is 0.363. The number of nitrogens with two attached hydrogens (primary N) is 1. The molecule has 2 rings (SSSR count). The highest BCUT2D eigenvalue weighted by molar-refractivity contribution is 5.35. The summed E-state index contributed by atoms with van der Waals surface area (Å²) in [7, 11) is 1.47. The van der Waals surface area contributed by atoms with Crippen LogP contribution in [0, 0.1) is 11.7 Å². The second kappa shape index (κ2) is 5.24. The Bertz CT molecular complexity index is 418. The van der Waals surface area contributed by atoms with Gasteiger partial charge in [-0.1, -0.05) is 13.0 Å². The van der Waals surface area contributed by atoms with Crippen molar-refractivity contribution in [3.8, 4) is 5.75 Å². The van der Waals surface area contributed by atoms with E-state index in [1.54, 1.807) is 12.1 Å². The van der Waals surface area contributed by atoms with Gasteiger partial charge >= 0.3 is 0 Å². The monoisotopic (exact) mass is 253 g/mol. The van der Waals surface area contributed by atoms with Crippen LogP contribution in [0.1, 0.15) is 18.9 Å². The molecule has 0 spiro atoms. The molecule has 18 heavy (non-hydrogen) atoms. The minimum absolute atomic E-state index is 0.0775. The molecular formula is C14H20FNO2. The largest absolute Gasteiger partial charge is 0.494 e. The first-order valence-corrected chi connectivity index (χ1v) is 6.23. The van der Waals surface area contributed by atoms with E-state index in [9.17, 15) is 4.39 Å². The lowest BCUT2D eigenvalue weighted by molar-refractivity contribution is -0.0703. The first kappa shape index (κ1) is 13.3. The number of hydrogen-bond acceptors (Lipinski definition) is 3. The van der Waals surface area contributed by atoms with Crippen LogP contribution in [0.25, 0.3) is 0 Å². The third kappa shape index (κ3) is 2.35. The third-order valence-corrected chi connectivity index (χ3v) is 3.66. The van der Waals surface area contributed by atoms with Gasteiger partial charge in [0.05, 0.1) is 20.3 Å². The molecule has 0 saturated carbocycles. The van der Waals surface area contributed by atoms with E-state index in [0.29, 0.717) is 25.7 Å². The van der Waals surface area contributed by atoms with Crippen LogP contribution in [0.15, 0.2) is 18.2 Å². The highest BCUT2D eigenvalue weighted by Gasteiger charge is 2.41. The first-order valence-electron chi connectivity index (χ1n) is 6.23. The third-order valence-electron chi connectivity index (χ3n) is 3.66. The molecule has 1 aliphatic rings. The van der Waals surface area contributed by atoms with Crippen molar-refractivity contribution in [3.05, 3.63) is 29.6 Å². The van der Waals surface area contributed by atoms with Crippen LogP contribution in [-0.4, -0.2) is 26.9 Å². The molecule has 1 fully saturated rings. The molecule has 3 nitrogen and oxygen atoms in total. The molecule has 2 N–H and O–H groups in total. The molecule has 100 valence electrons. The fraction of sp³-hybridized carbons (Fsp3) is 0.571. The van der Waals surface area contributed by atoms with E-state index in [4.69, 9.17) is 15.2 Å². The Balaban J connectivity index is 2.24. The molecule has 1 saturated heterocycles. The predicted molar refractivity (Wildman–Crippen MR) is 68.3 cm³/mol. The molecule has 0 bridgehead atoms. The first-order chi connectivity index (χ1) is 8.61. The van der Waals surface area contributed by atoms with Crippen LogP contribution in [0.2, 0.25) is 0 Å². The Morgan fingerprint density at radius 3 is 2.67 bits per heavy atom. The summed E-state index contributed by atoms with van der Waals surface area (Å²) in [6.07, 6.45) is 0.926. The molecule has 1 atom stereocenters. The fourth-order valence-electron chi connectivity index (χ4n) is 2.50. The summed E-state index contributed by atoms with van der Waals surface area (Å²) in [4.78, 5) is 0. The zero-order chi connectivity index (χ0) is 13.2. The molecule has 1 aromatic carbocycles. The lowest BCUT2D eigenvalue weighted by atomic mass is 9.72. The van der Waals surface area contributed by atoms with Gasteiger partial charge in [-0.25, -0.2) is 4.39 Å². The van der Waals surface area contributed by atoms with Crippen LogP contribution in [-0.2, 0) is 10.2 Å². The molecule has 0 aromatic heterocycles. The number of benzene rings is 1. The van der Waals surface area contributed by atoms with Crippen LogP contribution < -0.4 is 10.5 Å². The van der Waals surface area contributed by atoms with E-state index in [0.717, 1.165) is 12.0 Å². The minimum atomic E-state index is -0.318. The van der Waals surface area contributed by atoms with Crippen molar-refractivity contribution in [1.82, 2.24) is 0 Å². The standard InChI is InChI=1S/C14H20FNO2/c1-10(7-16)6-14(8-18-9-14)11-3-4-13(17-2)12(15)5-11/h3-5,10H,6-9,16H2,1-2H3. The maximum atomic E-state index is 13.8. The number of ether oxygens (including phenoxy) is 2. The molecule has 0 radical (unpaired) electrons. The Morgan fingerprint density at radius 1 is 1.50 bits per heavy atom. The van der Waals surface area contributed by atoms with E-state index >= 15 is 0 Å². The number of hydrogen-bond donors (Lipinski definition) is 1. The normalized spacial score (nSPS) is 19.1. The zero-order valence-corrected chi connectivity index (χ0v) is 10.9. The Hall–Kier alpha value is -1.13. The van der Waals surface area contributed by atoms with E-state index in [2.05, 4.69) is 6.92 Å². The van der Waals surface area contributed by atoms with Gasteiger partial charge in [0.25, 0.3) is 0 Å². The number of rotatable bonds is 5. The van der Waals surface area contributed by atoms with Gasteiger partial charge in [0.15, 0.2) is 11.6 Å². The second-order valence-corrected chi connectivity index (χ2v) is 5.17. The summed E-state index contributed by atoms with van der Waals surface area (Å²) in [5.41, 5.74) is 6.58. The summed E-state index contributed by atoms with van der Waals surface area (Å²) in [5, 5.41) is 0. The minimum Gasteiger partial charge on any atom is -0.494 e. The molecule has 1 unspecified atom stereocenters. The van der Waals surface area contributed by atoms with Gasteiger partial charge in [0, 0.05) is 5.41 Å². The molecule has 1 aliphatic heterocycles. The van der Waals surface area contributed by atoms with Crippen molar-refractivity contribution in [1.29, 1.82) is 0 Å². The van der Waals surface area contributed by atoms with E-state index < -0.39 is 0 Å². The van der Waals surface area contributed by atoms with E-state index in [-0.39, 0.29) is 17.0 Å². The topological polar surface area (TPSA) is 44.5 Å². The van der Waals surface area contributed by atoms with Crippen LogP contribution in [0.4, 0.5) is 4.39 Å². The second-order valence-electron chi connectivity index (χ2n) is 5.17. The molecule has 1 aromatic rings. The van der Waals surface area contributed by atoms with Gasteiger partial charge in [0.2, 0.25) is 0 Å². The average molecular weight is 253 g/mol. The van der Waals surface area contributed by atoms with E-state index in [1.165, 1.54) is 7.11 Å². The van der Waals surface area contributed by atoms with Crippen LogP contribution in [0.3, 0.4) is 0 Å². The van der Waals surface area contributed by atoms with Gasteiger partial charge < -0.3 is 15.2 Å². The fourth-order valence-corrected chi connectivity index (χ4v) is 2.50. The maximum Gasteiger partial charge on any atom is 0.165 e. The van der Waals surface area contributed by atoms with E-state index in [1.807, 2.05) is 6.07 Å². The van der Waals surface area contributed by atoms with Gasteiger partial charge in [-0.05, 0) is 36.6 Å². The van der Waals surface area contributed by atoms with Crippen molar-refractivity contribution in [2.45, 2.75) is 18.8 Å². The molecule has 1 heterocycles. The number of methoxy groups -OCH3 is 1. The smallest absolute Gasteiger partial charge is 0.165 e. The van der Waals surface area contributed by atoms with Gasteiger partial charge in [-0.2, -0.15) is 0 Å². The average Bonchev–Trinajstić information content (AvgIpc) is 2.33. The van der Waals surface area contributed by atoms with Gasteiger partial charge in [0.1, 0.15) is 0 Å². The number of halogens is 1. The highest BCUT2D eigenvalue weighted by atomic mass is 19.1. The molecule has 4 heteroatoms. The summed E-state index contributed by atoms with van der Waals surface area (Å²) >= 11 is 0. The van der Waals surface area contributed by atoms with Crippen molar-refractivity contribution in [2.75, 3.05) is 26.9 Å². The van der Waals surface area contributed by atoms with Gasteiger partial charge in [-0.3, -0.25) is 0 Å². The lowest BCUT2D eigenvalue weighted by Gasteiger charge is -2.43. The lowest BCUT2D eigenvalue weighted by Crippen LogP contribution is -2.48. The Kier molecular flexibility index (Phi) is 3.88. The molecule has 0 aliphatic carbocycles. The summed E-state index contributed by atoms with van der Waals surface area (Å²) in [6.45, 7) is 4.03. The van der Waals surface area contributed by atoms with Crippen molar-refractivity contribution in [2.24, 2.45) is 11.7 Å². The molecular weight excluding hydrogens is 233 g/mol. The van der Waals surface area contributed by atoms with Crippen molar-refractivity contribution >= 4 is 0 Å². The summed E-state index contributed by atoms with van der Waals surface area (Å²) < 4.78 is 24.1. The summed E-state index contributed by atoms with van der Waals surface area (Å²) in [6, 6.07) is 5.16. The van der Waals surface area contributed by atoms with Crippen LogP contribution in [0.5, 0.6) is 5.75 Å². The molecule has 0 amide bonds. The highest BCUT2D eigenvalue weighted by Crippen LogP contribution is 2.39. The predicted octanol–water partition coefficient (Wildman–Crippen LogP) is 2.09. The maximum absolute atomic E-state index is 13.8. The van der Waals surface area contributed by atoms with Crippen molar-refractivity contribution < 1.29 is 13.9 Å². The van der Waals surface area contributed by atoms with Crippen molar-refractivity contribution in [3.63, 3.8) is 0 Å². The zero-order valence-electron chi connectivity index (χ0n) is 10.9. The quantitative estimate of drug-likeness (QED) is 0.874.